The van der Waals surface area contributed by atoms with Gasteiger partial charge in [0.15, 0.2) is 5.69 Å². The van der Waals surface area contributed by atoms with Gasteiger partial charge in [-0.25, -0.2) is 9.78 Å². The van der Waals surface area contributed by atoms with Gasteiger partial charge in [0.25, 0.3) is 0 Å². The number of hydrogen-bond acceptors (Lipinski definition) is 4. The molecule has 9 heteroatoms. The van der Waals surface area contributed by atoms with E-state index in [1.165, 1.54) is 12.1 Å². The number of halogens is 3. The van der Waals surface area contributed by atoms with E-state index < -0.39 is 17.8 Å². The van der Waals surface area contributed by atoms with Crippen LogP contribution in [0.2, 0.25) is 0 Å². The second-order valence-electron chi connectivity index (χ2n) is 7.97. The molecule has 0 bridgehead atoms. The van der Waals surface area contributed by atoms with Gasteiger partial charge in [0.2, 0.25) is 0 Å². The van der Waals surface area contributed by atoms with Gasteiger partial charge in [-0.1, -0.05) is 6.07 Å². The summed E-state index contributed by atoms with van der Waals surface area (Å²) in [6, 6.07) is 10.1. The molecule has 0 radical (unpaired) electrons. The third-order valence-electron chi connectivity index (χ3n) is 5.76. The van der Waals surface area contributed by atoms with Crippen LogP contribution in [0.4, 0.5) is 13.2 Å². The van der Waals surface area contributed by atoms with Crippen molar-refractivity contribution in [2.24, 2.45) is 5.92 Å². The Kier molecular flexibility index (Phi) is 6.16. The molecule has 2 aromatic heterocycles. The second-order valence-corrected chi connectivity index (χ2v) is 7.97. The Balaban J connectivity index is 1.30. The molecule has 1 aliphatic carbocycles. The Hall–Kier alpha value is -3.36. The molecule has 0 aliphatic heterocycles. The van der Waals surface area contributed by atoms with Gasteiger partial charge in [-0.05, 0) is 61.9 Å². The summed E-state index contributed by atoms with van der Waals surface area (Å²) in [4.78, 5) is 21.7. The first-order chi connectivity index (χ1) is 15.3. The van der Waals surface area contributed by atoms with Crippen LogP contribution >= 0.6 is 0 Å². The SMILES string of the molecule is O=C(O)c1cccc(OC[C@H]2CC[C@@H](c3ccc(-c4nc(C(F)(F)F)c[nH]4)cn3)CC2)c1. The first-order valence-electron chi connectivity index (χ1n) is 10.3. The summed E-state index contributed by atoms with van der Waals surface area (Å²) in [5.74, 6) is 0.378. The number of rotatable bonds is 6. The number of nitrogens with zero attached hydrogens (tertiary/aromatic N) is 2. The number of imidazole rings is 1. The van der Waals surface area contributed by atoms with Crippen molar-refractivity contribution < 1.29 is 27.8 Å². The summed E-state index contributed by atoms with van der Waals surface area (Å²) in [5, 5.41) is 9.07. The number of carbonyl (C=O) groups is 1. The van der Waals surface area contributed by atoms with Crippen LogP contribution in [0.3, 0.4) is 0 Å². The molecule has 1 saturated carbocycles. The summed E-state index contributed by atoms with van der Waals surface area (Å²) in [7, 11) is 0. The number of ether oxygens (including phenoxy) is 1. The van der Waals surface area contributed by atoms with Crippen LogP contribution in [0, 0.1) is 5.92 Å². The van der Waals surface area contributed by atoms with Crippen molar-refractivity contribution in [3.63, 3.8) is 0 Å². The Morgan fingerprint density at radius 3 is 2.56 bits per heavy atom. The lowest BCUT2D eigenvalue weighted by Crippen LogP contribution is -2.19. The third kappa shape index (κ3) is 5.09. The maximum Gasteiger partial charge on any atom is 0.434 e. The van der Waals surface area contributed by atoms with Crippen molar-refractivity contribution in [1.29, 1.82) is 0 Å². The van der Waals surface area contributed by atoms with E-state index in [9.17, 15) is 18.0 Å². The number of aromatic nitrogens is 3. The van der Waals surface area contributed by atoms with E-state index in [2.05, 4.69) is 15.0 Å². The van der Waals surface area contributed by atoms with Gasteiger partial charge in [-0.15, -0.1) is 0 Å². The zero-order valence-electron chi connectivity index (χ0n) is 17.1. The zero-order valence-corrected chi connectivity index (χ0v) is 17.1. The van der Waals surface area contributed by atoms with E-state index in [1.807, 2.05) is 6.07 Å². The largest absolute Gasteiger partial charge is 0.493 e. The molecule has 2 heterocycles. The molecular weight excluding hydrogens is 423 g/mol. The minimum Gasteiger partial charge on any atom is -0.493 e. The van der Waals surface area contributed by atoms with Crippen LogP contribution < -0.4 is 4.74 Å². The number of alkyl halides is 3. The number of aromatic amines is 1. The van der Waals surface area contributed by atoms with Gasteiger partial charge in [-0.2, -0.15) is 13.2 Å². The van der Waals surface area contributed by atoms with Crippen molar-refractivity contribution in [2.75, 3.05) is 6.61 Å². The molecule has 32 heavy (non-hydrogen) atoms. The molecule has 2 N–H and O–H groups in total. The van der Waals surface area contributed by atoms with Gasteiger partial charge >= 0.3 is 12.1 Å². The van der Waals surface area contributed by atoms with Gasteiger partial charge in [0.1, 0.15) is 11.6 Å². The lowest BCUT2D eigenvalue weighted by Gasteiger charge is -2.28. The van der Waals surface area contributed by atoms with Crippen molar-refractivity contribution in [1.82, 2.24) is 15.0 Å². The highest BCUT2D eigenvalue weighted by Crippen LogP contribution is 2.36. The van der Waals surface area contributed by atoms with E-state index >= 15 is 0 Å². The molecule has 3 aromatic rings. The normalized spacial score (nSPS) is 19.0. The topological polar surface area (TPSA) is 88.1 Å². The molecule has 1 aliphatic rings. The highest BCUT2D eigenvalue weighted by Gasteiger charge is 2.33. The predicted octanol–water partition coefficient (Wildman–Crippen LogP) is 5.54. The minimum absolute atomic E-state index is 0.143. The van der Waals surface area contributed by atoms with Crippen molar-refractivity contribution in [3.05, 3.63) is 65.7 Å². The molecule has 0 spiro atoms. The maximum atomic E-state index is 12.7. The lowest BCUT2D eigenvalue weighted by atomic mass is 9.80. The first kappa shape index (κ1) is 21.9. The van der Waals surface area contributed by atoms with Crippen LogP contribution in [0.5, 0.6) is 5.75 Å². The summed E-state index contributed by atoms with van der Waals surface area (Å²) in [6.07, 6.45) is 1.72. The fourth-order valence-corrected chi connectivity index (χ4v) is 3.96. The van der Waals surface area contributed by atoms with Gasteiger partial charge < -0.3 is 14.8 Å². The summed E-state index contributed by atoms with van der Waals surface area (Å²) < 4.78 is 44.0. The van der Waals surface area contributed by atoms with Crippen molar-refractivity contribution in [2.45, 2.75) is 37.8 Å². The Morgan fingerprint density at radius 1 is 1.16 bits per heavy atom. The summed E-state index contributed by atoms with van der Waals surface area (Å²) >= 11 is 0. The van der Waals surface area contributed by atoms with E-state index in [-0.39, 0.29) is 17.3 Å². The molecule has 1 aromatic carbocycles. The smallest absolute Gasteiger partial charge is 0.434 e. The average Bonchev–Trinajstić information content (AvgIpc) is 3.29. The van der Waals surface area contributed by atoms with Crippen LogP contribution in [-0.2, 0) is 6.18 Å². The van der Waals surface area contributed by atoms with E-state index in [4.69, 9.17) is 9.84 Å². The Bertz CT molecular complexity index is 1070. The number of carboxylic acids is 1. The monoisotopic (exact) mass is 445 g/mol. The number of aromatic carboxylic acids is 1. The van der Waals surface area contributed by atoms with Crippen molar-refractivity contribution in [3.8, 4) is 17.1 Å². The minimum atomic E-state index is -4.48. The molecule has 0 atom stereocenters. The highest BCUT2D eigenvalue weighted by atomic mass is 19.4. The van der Waals surface area contributed by atoms with E-state index in [0.29, 0.717) is 23.8 Å². The van der Waals surface area contributed by atoms with Crippen molar-refractivity contribution >= 4 is 5.97 Å². The average molecular weight is 445 g/mol. The van der Waals surface area contributed by atoms with Gasteiger partial charge in [-0.3, -0.25) is 4.98 Å². The predicted molar refractivity (Wildman–Crippen MR) is 110 cm³/mol. The standard InChI is InChI=1S/C23H22F3N3O3/c24-23(25,26)20-12-28-21(29-20)17-8-9-19(27-11-17)15-6-4-14(5-7-15)13-32-18-3-1-2-16(10-18)22(30)31/h1-3,8-12,14-15H,4-7,13H2,(H,28,29)(H,30,31)/t14-,15+. The molecule has 0 saturated heterocycles. The number of nitrogens with one attached hydrogen (secondary N) is 1. The lowest BCUT2D eigenvalue weighted by molar-refractivity contribution is -0.140. The fourth-order valence-electron chi connectivity index (χ4n) is 3.96. The molecule has 4 rings (SSSR count). The van der Waals surface area contributed by atoms with Gasteiger partial charge in [0, 0.05) is 29.6 Å². The molecule has 0 unspecified atom stereocenters. The number of carboxylic acid groups (broad SMARTS) is 1. The fraction of sp³-hybridized carbons (Fsp3) is 0.348. The van der Waals surface area contributed by atoms with E-state index in [0.717, 1.165) is 37.6 Å². The Labute approximate surface area is 182 Å². The first-order valence-corrected chi connectivity index (χ1v) is 10.3. The maximum absolute atomic E-state index is 12.7. The quantitative estimate of drug-likeness (QED) is 0.520. The van der Waals surface area contributed by atoms with Crippen LogP contribution in [0.15, 0.2) is 48.8 Å². The Morgan fingerprint density at radius 2 is 1.94 bits per heavy atom. The number of hydrogen-bond donors (Lipinski definition) is 2. The van der Waals surface area contributed by atoms with Crippen LogP contribution in [-0.4, -0.2) is 32.6 Å². The molecule has 1 fully saturated rings. The number of pyridine rings is 1. The summed E-state index contributed by atoms with van der Waals surface area (Å²) in [6.45, 7) is 0.530. The summed E-state index contributed by atoms with van der Waals surface area (Å²) in [5.41, 5.74) is 0.677. The van der Waals surface area contributed by atoms with Gasteiger partial charge in [0.05, 0.1) is 12.2 Å². The third-order valence-corrected chi connectivity index (χ3v) is 5.76. The highest BCUT2D eigenvalue weighted by molar-refractivity contribution is 5.88. The molecule has 168 valence electrons. The second kappa shape index (κ2) is 9.02. The zero-order chi connectivity index (χ0) is 22.7. The van der Waals surface area contributed by atoms with Crippen LogP contribution in [0.1, 0.15) is 53.3 Å². The van der Waals surface area contributed by atoms with Crippen LogP contribution in [0.25, 0.3) is 11.4 Å². The number of H-pyrrole nitrogens is 1. The molecular formula is C23H22F3N3O3. The molecule has 0 amide bonds. The molecule has 6 nitrogen and oxygen atoms in total. The van der Waals surface area contributed by atoms with E-state index in [1.54, 1.807) is 24.4 Å². The number of benzene rings is 1.